The Morgan fingerprint density at radius 1 is 0.541 bits per heavy atom. The molecule has 0 aromatic heterocycles. The van der Waals surface area contributed by atoms with Gasteiger partial charge < -0.3 is 101 Å². The minimum atomic E-state index is -4.96. The second kappa shape index (κ2) is 33.8. The SMILES string of the molecule is CCC1(C(=O)O)O[C@@H](O[C@@H]2C(CO)O[C@@H](O[C@H]3C(OC)[C@H]4OCC3(C(=O)O)O[C@H]4O[C@@H]3C(CO)O[C@H](OC)C(OSOOO)[C@H]3OC)C(OSOOO)[C@H]2OSOOO)C(OC)[C@@H](OC)[C@@H]1O[C@@H]1CC(COS(=O)(=O)O)[C@@H](OC)[C@H](OC)C1OC. The Balaban J connectivity index is 1.34. The topological polar surface area (TPSA) is 479 Å². The highest BCUT2D eigenvalue weighted by molar-refractivity contribution is 7.90. The molecular formula is C42H70O39S4. The number of ether oxygens (including phenoxy) is 17. The van der Waals surface area contributed by atoms with Crippen molar-refractivity contribution in [3.63, 3.8) is 0 Å². The summed E-state index contributed by atoms with van der Waals surface area (Å²) in [5, 5.41) is 81.9. The minimum absolute atomic E-state index is 0.0848. The van der Waals surface area contributed by atoms with Crippen LogP contribution in [-0.2, 0) is 145 Å². The molecule has 25 atom stereocenters. The summed E-state index contributed by atoms with van der Waals surface area (Å²) in [5.41, 5.74) is -5.11. The second-order valence-electron chi connectivity index (χ2n) is 19.0. The van der Waals surface area contributed by atoms with E-state index in [0.29, 0.717) is 0 Å². The number of aliphatic hydroxyl groups is 2. The van der Waals surface area contributed by atoms with Crippen LogP contribution in [0.15, 0.2) is 0 Å². The number of rotatable bonds is 36. The van der Waals surface area contributed by atoms with Crippen molar-refractivity contribution in [2.24, 2.45) is 5.92 Å². The largest absolute Gasteiger partial charge is 0.479 e. The molecule has 1 saturated carbocycles. The maximum absolute atomic E-state index is 13.8. The summed E-state index contributed by atoms with van der Waals surface area (Å²) < 4.78 is 171. The van der Waals surface area contributed by atoms with Gasteiger partial charge in [-0.05, 0) is 12.8 Å². The molecule has 39 nitrogen and oxygen atoms in total. The lowest BCUT2D eigenvalue weighted by molar-refractivity contribution is -0.439. The molecule has 85 heavy (non-hydrogen) atoms. The van der Waals surface area contributed by atoms with E-state index in [4.69, 9.17) is 113 Å². The number of hydrogen-bond donors (Lipinski definition) is 8. The molecule has 6 saturated heterocycles. The summed E-state index contributed by atoms with van der Waals surface area (Å²) in [6.07, 6.45) is -33.7. The molecule has 2 bridgehead atoms. The molecule has 0 aromatic carbocycles. The van der Waals surface area contributed by atoms with E-state index < -0.39 is 207 Å². The number of carboxylic acids is 2. The summed E-state index contributed by atoms with van der Waals surface area (Å²) in [6, 6.07) is 0. The van der Waals surface area contributed by atoms with E-state index in [1.165, 1.54) is 56.7 Å². The molecule has 43 heteroatoms. The van der Waals surface area contributed by atoms with E-state index in [2.05, 4.69) is 28.1 Å². The standard InChI is InChI=1S/C42H70O39S4/c1-10-41(39(45)46)33(65-17-11-16(14-64-85(52,53)54)20(55-2)24(57-4)21(17)56-3)27(59-6)29(61-8)37(71-41)69-23-19(13-44)67-36(32(75-84-81-78-51)26(23)73-82-79-76-49)70-34-28(60-7)30-38(72-42(34,15-63-30)40(47)48)68-22-18(12-43)66-35(62-9)31(25(22)58-5)74-83-80-77-50/h16-38,43-44,49-51H,10-15H2,1-9H3,(H,45,46)(H,47,48)(H,52,53,54)/t16?,17-,18?,19?,20-,21?,22-,23-,24+,25+,26+,27-,28?,29?,30-,31?,32?,33+,34+,35+,36+,37-,38-,41?,42?/m1/s1. The van der Waals surface area contributed by atoms with E-state index in [9.17, 15) is 43.0 Å². The molecule has 6 aliphatic heterocycles. The van der Waals surface area contributed by atoms with Gasteiger partial charge in [0.25, 0.3) is 0 Å². The smallest absolute Gasteiger partial charge is 0.397 e. The van der Waals surface area contributed by atoms with Crippen molar-refractivity contribution in [3.05, 3.63) is 0 Å². The van der Waals surface area contributed by atoms with Crippen molar-refractivity contribution < 1.29 is 184 Å². The average Bonchev–Trinajstić information content (AvgIpc) is 1.15. The van der Waals surface area contributed by atoms with Crippen molar-refractivity contribution >= 4 is 59.3 Å². The van der Waals surface area contributed by atoms with Crippen LogP contribution in [0.4, 0.5) is 0 Å². The number of aliphatic carboxylic acids is 2. The van der Waals surface area contributed by atoms with E-state index in [1.807, 2.05) is 0 Å². The maximum atomic E-state index is 13.8. The Kier molecular flexibility index (Phi) is 28.9. The highest BCUT2D eigenvalue weighted by Gasteiger charge is 2.69. The molecular weight excluding hydrogens is 1260 g/mol. The lowest BCUT2D eigenvalue weighted by Gasteiger charge is -2.57. The minimum Gasteiger partial charge on any atom is -0.479 e. The summed E-state index contributed by atoms with van der Waals surface area (Å²) in [6.45, 7) is -1.76. The number of methoxy groups -OCH3 is 8. The van der Waals surface area contributed by atoms with Crippen molar-refractivity contribution in [3.8, 4) is 0 Å². The van der Waals surface area contributed by atoms with Gasteiger partial charge in [-0.25, -0.2) is 29.5 Å². The molecule has 496 valence electrons. The zero-order chi connectivity index (χ0) is 62.4. The fourth-order valence-electron chi connectivity index (χ4n) is 11.3. The summed E-state index contributed by atoms with van der Waals surface area (Å²) in [4.78, 5) is 27.5. The third kappa shape index (κ3) is 16.1. The Hall–Kier alpha value is -1.38. The van der Waals surface area contributed by atoms with Gasteiger partial charge in [0.1, 0.15) is 85.5 Å². The van der Waals surface area contributed by atoms with Crippen LogP contribution in [0, 0.1) is 5.92 Å². The van der Waals surface area contributed by atoms with Gasteiger partial charge in [0.05, 0.1) is 38.6 Å². The fraction of sp³-hybridized carbons (Fsp3) is 0.952. The Morgan fingerprint density at radius 3 is 1.53 bits per heavy atom. The van der Waals surface area contributed by atoms with Crippen LogP contribution in [0.2, 0.25) is 0 Å². The van der Waals surface area contributed by atoms with Gasteiger partial charge >= 0.3 is 22.3 Å². The number of carbonyl (C=O) groups is 2. The Bertz CT molecular complexity index is 2140. The number of carboxylic acid groups (broad SMARTS) is 2. The van der Waals surface area contributed by atoms with Gasteiger partial charge in [-0.15, -0.1) is 13.0 Å². The predicted octanol–water partition coefficient (Wildman–Crippen LogP) is -1.80. The van der Waals surface area contributed by atoms with Gasteiger partial charge in [-0.1, -0.05) is 22.0 Å². The molecule has 7 rings (SSSR count). The van der Waals surface area contributed by atoms with Gasteiger partial charge in [-0.2, -0.15) is 8.42 Å². The van der Waals surface area contributed by atoms with Crippen LogP contribution in [0.5, 0.6) is 0 Å². The summed E-state index contributed by atoms with van der Waals surface area (Å²) in [7, 11) is 4.98. The first-order valence-electron chi connectivity index (χ1n) is 25.1. The van der Waals surface area contributed by atoms with Gasteiger partial charge in [0.2, 0.25) is 5.60 Å². The van der Waals surface area contributed by atoms with Crippen LogP contribution < -0.4 is 0 Å². The van der Waals surface area contributed by atoms with Crippen LogP contribution >= 0.6 is 37.0 Å². The fourth-order valence-corrected chi connectivity index (χ4v) is 12.7. The number of hydrogen-bond acceptors (Lipinski definition) is 39. The maximum Gasteiger partial charge on any atom is 0.397 e. The highest BCUT2D eigenvalue weighted by Crippen LogP contribution is 2.47. The molecule has 7 aliphatic rings. The third-order valence-corrected chi connectivity index (χ3v) is 16.7. The zero-order valence-electron chi connectivity index (χ0n) is 46.4. The lowest BCUT2D eigenvalue weighted by atomic mass is 9.79. The molecule has 0 spiro atoms. The van der Waals surface area contributed by atoms with Crippen LogP contribution in [-0.4, -0.2) is 291 Å². The molecule has 0 amide bonds. The lowest BCUT2D eigenvalue weighted by Crippen LogP contribution is -2.77. The van der Waals surface area contributed by atoms with Crippen molar-refractivity contribution in [2.75, 3.05) is 83.3 Å². The molecule has 8 N–H and O–H groups in total. The Morgan fingerprint density at radius 2 is 1.05 bits per heavy atom. The normalized spacial score (nSPS) is 41.5. The molecule has 0 aromatic rings. The van der Waals surface area contributed by atoms with Gasteiger partial charge in [0, 0.05) is 62.8 Å². The first-order chi connectivity index (χ1) is 40.8. The van der Waals surface area contributed by atoms with E-state index in [1.54, 1.807) is 0 Å². The van der Waals surface area contributed by atoms with Crippen LogP contribution in [0.1, 0.15) is 19.8 Å². The third-order valence-electron chi connectivity index (χ3n) is 15.0. The number of fused-ring (bicyclic) bond motifs is 3. The van der Waals surface area contributed by atoms with Gasteiger partial charge in [-0.3, -0.25) is 17.1 Å². The first-order valence-corrected chi connectivity index (χ1v) is 28.5. The molecule has 7 fully saturated rings. The second-order valence-corrected chi connectivity index (χ2v) is 21.4. The van der Waals surface area contributed by atoms with Crippen molar-refractivity contribution in [1.82, 2.24) is 0 Å². The highest BCUT2D eigenvalue weighted by atomic mass is 32.3. The molecule has 10 unspecified atom stereocenters. The molecule has 6 heterocycles. The van der Waals surface area contributed by atoms with Crippen molar-refractivity contribution in [1.29, 1.82) is 0 Å². The van der Waals surface area contributed by atoms with Crippen LogP contribution in [0.25, 0.3) is 0 Å². The molecule has 1 aliphatic carbocycles. The van der Waals surface area contributed by atoms with Crippen molar-refractivity contribution in [2.45, 2.75) is 166 Å². The predicted molar refractivity (Wildman–Crippen MR) is 265 cm³/mol. The van der Waals surface area contributed by atoms with Crippen LogP contribution in [0.3, 0.4) is 0 Å². The van der Waals surface area contributed by atoms with Gasteiger partial charge in [0.15, 0.2) is 79.9 Å². The average molecular weight is 1330 g/mol. The number of aliphatic hydroxyl groups excluding tert-OH is 2. The van der Waals surface area contributed by atoms with E-state index in [0.717, 1.165) is 7.11 Å². The first kappa shape index (κ1) is 72.7. The zero-order valence-corrected chi connectivity index (χ0v) is 49.7. The van der Waals surface area contributed by atoms with E-state index in [-0.39, 0.29) is 43.4 Å². The molecule has 0 radical (unpaired) electrons. The monoisotopic (exact) mass is 1330 g/mol. The Labute approximate surface area is 497 Å². The quantitative estimate of drug-likeness (QED) is 0.0113. The van der Waals surface area contributed by atoms with E-state index >= 15 is 0 Å². The summed E-state index contributed by atoms with van der Waals surface area (Å²) >= 11 is -0.0375. The summed E-state index contributed by atoms with van der Waals surface area (Å²) in [5.74, 6) is -4.28.